The lowest BCUT2D eigenvalue weighted by Gasteiger charge is -2.10. The third-order valence-electron chi connectivity index (χ3n) is 4.30. The summed E-state index contributed by atoms with van der Waals surface area (Å²) >= 11 is 6.74. The van der Waals surface area contributed by atoms with Crippen LogP contribution >= 0.6 is 23.4 Å². The minimum absolute atomic E-state index is 0.0416. The maximum atomic E-state index is 12.8. The lowest BCUT2D eigenvalue weighted by Crippen LogP contribution is -2.20. The van der Waals surface area contributed by atoms with E-state index >= 15 is 0 Å². The minimum atomic E-state index is -4.55. The number of aryl methyl sites for hydroxylation is 1. The molecule has 0 aliphatic heterocycles. The van der Waals surface area contributed by atoms with E-state index in [1.54, 1.807) is 6.92 Å². The number of amides is 1. The molecule has 174 valence electrons. The van der Waals surface area contributed by atoms with Crippen molar-refractivity contribution in [1.82, 2.24) is 9.97 Å². The number of nitrogens with zero attached hydrogens (tertiary/aromatic N) is 1. The fourth-order valence-electron chi connectivity index (χ4n) is 2.60. The molecule has 0 fully saturated rings. The van der Waals surface area contributed by atoms with E-state index in [1.165, 1.54) is 24.3 Å². The Morgan fingerprint density at radius 2 is 1.94 bits per heavy atom. The van der Waals surface area contributed by atoms with Gasteiger partial charge in [0.1, 0.15) is 0 Å². The van der Waals surface area contributed by atoms with Crippen LogP contribution in [0.15, 0.2) is 68.4 Å². The first kappa shape index (κ1) is 24.8. The maximum Gasteiger partial charge on any atom is 0.416 e. The molecule has 0 saturated heterocycles. The minimum Gasteiger partial charge on any atom is -0.325 e. The van der Waals surface area contributed by atoms with Crippen LogP contribution in [0.4, 0.5) is 18.9 Å². The first-order valence-corrected chi connectivity index (χ1v) is 11.9. The summed E-state index contributed by atoms with van der Waals surface area (Å²) in [6, 6.07) is 8.17. The lowest BCUT2D eigenvalue weighted by atomic mass is 10.2. The Balaban J connectivity index is 1.70. The number of alkyl halides is 3. The van der Waals surface area contributed by atoms with E-state index in [1.807, 2.05) is 0 Å². The standard InChI is InChI=1S/C20H15ClF3N3O4S2/c1-11-5-6-14(8-15(11)21)33(30,31)16-9-25-19(27-18(16)29)32-10-17(28)26-13-4-2-3-12(7-13)20(22,23)24/h2-9H,10H2,1H3,(H,26,28)(H,25,27,29). The van der Waals surface area contributed by atoms with Crippen molar-refractivity contribution < 1.29 is 26.4 Å². The SMILES string of the molecule is Cc1ccc(S(=O)(=O)c2cnc(SCC(=O)Nc3cccc(C(F)(F)F)c3)[nH]c2=O)cc1Cl. The van der Waals surface area contributed by atoms with Crippen molar-refractivity contribution in [3.8, 4) is 0 Å². The molecule has 0 aliphatic rings. The zero-order valence-electron chi connectivity index (χ0n) is 16.7. The van der Waals surface area contributed by atoms with E-state index in [9.17, 15) is 31.2 Å². The van der Waals surface area contributed by atoms with Crippen LogP contribution in [0, 0.1) is 6.92 Å². The van der Waals surface area contributed by atoms with Crippen LogP contribution in [0.5, 0.6) is 0 Å². The first-order chi connectivity index (χ1) is 15.4. The molecule has 2 N–H and O–H groups in total. The number of carbonyl (C=O) groups is 1. The topological polar surface area (TPSA) is 109 Å². The van der Waals surface area contributed by atoms with Gasteiger partial charge in [0.05, 0.1) is 22.4 Å². The zero-order valence-corrected chi connectivity index (χ0v) is 19.1. The summed E-state index contributed by atoms with van der Waals surface area (Å²) < 4.78 is 63.8. The van der Waals surface area contributed by atoms with E-state index in [2.05, 4.69) is 15.3 Å². The van der Waals surface area contributed by atoms with Crippen LogP contribution < -0.4 is 10.9 Å². The third kappa shape index (κ3) is 5.95. The van der Waals surface area contributed by atoms with Crippen molar-refractivity contribution >= 4 is 44.8 Å². The molecule has 0 bridgehead atoms. The Bertz CT molecular complexity index is 1380. The number of carbonyl (C=O) groups excluding carboxylic acids is 1. The number of aromatic amines is 1. The maximum absolute atomic E-state index is 12.8. The molecule has 3 rings (SSSR count). The molecular formula is C20H15ClF3N3O4S2. The number of hydrogen-bond acceptors (Lipinski definition) is 6. The van der Waals surface area contributed by atoms with Crippen molar-refractivity contribution in [2.45, 2.75) is 28.0 Å². The molecule has 1 heterocycles. The highest BCUT2D eigenvalue weighted by Gasteiger charge is 2.30. The predicted molar refractivity (Wildman–Crippen MR) is 117 cm³/mol. The van der Waals surface area contributed by atoms with Crippen LogP contribution in [0.25, 0.3) is 0 Å². The molecule has 0 saturated carbocycles. The summed E-state index contributed by atoms with van der Waals surface area (Å²) in [7, 11) is -4.18. The number of hydrogen-bond donors (Lipinski definition) is 2. The highest BCUT2D eigenvalue weighted by Crippen LogP contribution is 2.30. The Kier molecular flexibility index (Phi) is 7.20. The lowest BCUT2D eigenvalue weighted by molar-refractivity contribution is -0.137. The molecule has 0 radical (unpaired) electrons. The predicted octanol–water partition coefficient (Wildman–Crippen LogP) is 4.31. The molecular weight excluding hydrogens is 503 g/mol. The second kappa shape index (κ2) is 9.57. The van der Waals surface area contributed by atoms with Crippen LogP contribution in [0.3, 0.4) is 0 Å². The molecule has 13 heteroatoms. The van der Waals surface area contributed by atoms with Gasteiger partial charge in [0.15, 0.2) is 10.1 Å². The van der Waals surface area contributed by atoms with E-state index in [0.717, 1.165) is 36.2 Å². The summed E-state index contributed by atoms with van der Waals surface area (Å²) in [5.41, 5.74) is -1.24. The molecule has 2 aromatic carbocycles. The van der Waals surface area contributed by atoms with Gasteiger partial charge in [-0.15, -0.1) is 0 Å². The number of aromatic nitrogens is 2. The Hall–Kier alpha value is -2.83. The van der Waals surface area contributed by atoms with Gasteiger partial charge in [-0.3, -0.25) is 9.59 Å². The smallest absolute Gasteiger partial charge is 0.325 e. The number of rotatable bonds is 6. The van der Waals surface area contributed by atoms with E-state index in [-0.39, 0.29) is 26.5 Å². The average Bonchev–Trinajstić information content (AvgIpc) is 2.73. The van der Waals surface area contributed by atoms with Gasteiger partial charge in [-0.25, -0.2) is 13.4 Å². The number of halogens is 4. The number of thioether (sulfide) groups is 1. The average molecular weight is 518 g/mol. The van der Waals surface area contributed by atoms with Crippen LogP contribution in [-0.4, -0.2) is 30.0 Å². The first-order valence-electron chi connectivity index (χ1n) is 9.08. The van der Waals surface area contributed by atoms with E-state index in [4.69, 9.17) is 11.6 Å². The second-order valence-corrected chi connectivity index (χ2v) is 10.0. The molecule has 0 spiro atoms. The summed E-state index contributed by atoms with van der Waals surface area (Å²) in [6.07, 6.45) is -3.68. The normalized spacial score (nSPS) is 11.9. The van der Waals surface area contributed by atoms with E-state index in [0.29, 0.717) is 5.56 Å². The van der Waals surface area contributed by atoms with Crippen molar-refractivity contribution in [1.29, 1.82) is 0 Å². The fourth-order valence-corrected chi connectivity index (χ4v) is 4.74. The van der Waals surface area contributed by atoms with Gasteiger partial charge in [0.25, 0.3) is 5.56 Å². The van der Waals surface area contributed by atoms with Gasteiger partial charge in [-0.05, 0) is 42.8 Å². The number of nitrogens with one attached hydrogen (secondary N) is 2. The quantitative estimate of drug-likeness (QED) is 0.372. The van der Waals surface area contributed by atoms with Gasteiger partial charge in [0, 0.05) is 10.7 Å². The van der Waals surface area contributed by atoms with Crippen molar-refractivity contribution in [2.75, 3.05) is 11.1 Å². The number of anilines is 1. The molecule has 33 heavy (non-hydrogen) atoms. The highest BCUT2D eigenvalue weighted by molar-refractivity contribution is 7.99. The molecule has 1 aromatic heterocycles. The van der Waals surface area contributed by atoms with Crippen molar-refractivity contribution in [3.63, 3.8) is 0 Å². The highest BCUT2D eigenvalue weighted by atomic mass is 35.5. The van der Waals surface area contributed by atoms with Gasteiger partial charge in [-0.1, -0.05) is 35.5 Å². The van der Waals surface area contributed by atoms with Crippen LogP contribution in [-0.2, 0) is 20.8 Å². The van der Waals surface area contributed by atoms with Gasteiger partial charge >= 0.3 is 6.18 Å². The van der Waals surface area contributed by atoms with Crippen molar-refractivity contribution in [3.05, 3.63) is 75.2 Å². The fraction of sp³-hybridized carbons (Fsp3) is 0.150. The molecule has 1 amide bonds. The van der Waals surface area contributed by atoms with Crippen LogP contribution in [0.1, 0.15) is 11.1 Å². The number of sulfone groups is 1. The van der Waals surface area contributed by atoms with Crippen LogP contribution in [0.2, 0.25) is 5.02 Å². The Labute approximate surface area is 195 Å². The third-order valence-corrected chi connectivity index (χ3v) is 7.34. The molecule has 0 unspecified atom stereocenters. The van der Waals surface area contributed by atoms with Gasteiger partial charge in [0.2, 0.25) is 15.7 Å². The zero-order chi connectivity index (χ0) is 24.4. The monoisotopic (exact) mass is 517 g/mol. The molecule has 3 aromatic rings. The van der Waals surface area contributed by atoms with Gasteiger partial charge in [-0.2, -0.15) is 13.2 Å². The Morgan fingerprint density at radius 3 is 2.58 bits per heavy atom. The van der Waals surface area contributed by atoms with E-state index < -0.39 is 37.9 Å². The summed E-state index contributed by atoms with van der Waals surface area (Å²) in [5.74, 6) is -0.938. The van der Waals surface area contributed by atoms with Gasteiger partial charge < -0.3 is 10.3 Å². The summed E-state index contributed by atoms with van der Waals surface area (Å²) in [6.45, 7) is 1.70. The number of H-pyrrole nitrogens is 1. The largest absolute Gasteiger partial charge is 0.416 e. The summed E-state index contributed by atoms with van der Waals surface area (Å²) in [5, 5.41) is 2.50. The molecule has 0 atom stereocenters. The summed E-state index contributed by atoms with van der Waals surface area (Å²) in [4.78, 5) is 29.8. The number of benzene rings is 2. The molecule has 0 aliphatic carbocycles. The Morgan fingerprint density at radius 1 is 1.21 bits per heavy atom. The second-order valence-electron chi connectivity index (χ2n) is 6.71. The molecule has 7 nitrogen and oxygen atoms in total. The van der Waals surface area contributed by atoms with Crippen molar-refractivity contribution in [2.24, 2.45) is 0 Å².